The summed E-state index contributed by atoms with van der Waals surface area (Å²) in [7, 11) is 0. The maximum absolute atomic E-state index is 12.5. The normalized spacial score (nSPS) is 17.8. The van der Waals surface area contributed by atoms with Crippen LogP contribution >= 0.6 is 0 Å². The van der Waals surface area contributed by atoms with E-state index in [-0.39, 0.29) is 43.5 Å². The van der Waals surface area contributed by atoms with E-state index in [4.69, 9.17) is 14.2 Å². The Kier molecular flexibility index (Phi) is 29.1. The first-order valence-corrected chi connectivity index (χ1v) is 30.0. The predicted octanol–water partition coefficient (Wildman–Crippen LogP) is 11.9. The van der Waals surface area contributed by atoms with Crippen LogP contribution in [0.25, 0.3) is 0 Å². The van der Waals surface area contributed by atoms with Gasteiger partial charge in [0.1, 0.15) is 0 Å². The summed E-state index contributed by atoms with van der Waals surface area (Å²) >= 11 is 0. The van der Waals surface area contributed by atoms with Crippen LogP contribution in [0.15, 0.2) is 182 Å². The molecule has 6 aromatic carbocycles. The van der Waals surface area contributed by atoms with Crippen LogP contribution in [0.2, 0.25) is 0 Å². The summed E-state index contributed by atoms with van der Waals surface area (Å²) in [4.78, 5) is 50.6. The summed E-state index contributed by atoms with van der Waals surface area (Å²) in [6.45, 7) is 18.7. The number of para-hydroxylation sites is 3. The highest BCUT2D eigenvalue weighted by molar-refractivity contribution is 5.94. The van der Waals surface area contributed by atoms with E-state index in [1.165, 1.54) is 16.7 Å². The molecule has 440 valence electrons. The lowest BCUT2D eigenvalue weighted by Gasteiger charge is -2.29. The molecule has 0 bridgehead atoms. The van der Waals surface area contributed by atoms with Crippen molar-refractivity contribution >= 4 is 34.8 Å². The second-order valence-electron chi connectivity index (χ2n) is 21.2. The highest BCUT2D eigenvalue weighted by Crippen LogP contribution is 2.21. The molecule has 0 radical (unpaired) electrons. The standard InChI is InChI=1S/3C23H30N2O2.CH4/c3*1-2-23(26)25(21-12-7-4-8-13-21)19-22-18-24(15-9-17-27-22)16-14-20-10-5-3-6-11-20;/h3*3-8,10-13,22H,2,9,14-19H2,1H3;1H4. The van der Waals surface area contributed by atoms with Crippen molar-refractivity contribution in [3.8, 4) is 0 Å². The van der Waals surface area contributed by atoms with E-state index in [9.17, 15) is 14.4 Å². The molecule has 3 atom stereocenters. The molecular formula is C70H94N6O6. The number of hydrogen-bond donors (Lipinski definition) is 0. The monoisotopic (exact) mass is 1110 g/mol. The summed E-state index contributed by atoms with van der Waals surface area (Å²) in [5.74, 6) is 0.430. The number of hydrogen-bond acceptors (Lipinski definition) is 9. The van der Waals surface area contributed by atoms with Crippen molar-refractivity contribution in [1.82, 2.24) is 14.7 Å². The summed E-state index contributed by atoms with van der Waals surface area (Å²) in [6, 6.07) is 61.6. The van der Waals surface area contributed by atoms with Crippen LogP contribution in [0.3, 0.4) is 0 Å². The molecule has 9 rings (SSSR count). The first kappa shape index (κ1) is 64.7. The Labute approximate surface area is 492 Å². The van der Waals surface area contributed by atoms with Crippen LogP contribution in [0.5, 0.6) is 0 Å². The SMILES string of the molecule is C.CCC(=O)N(CC1CN(CCc2ccccc2)CCCO1)c1ccccc1.CCC(=O)N(CC1CN(CCc2ccccc2)CCCO1)c1ccccc1.CCC(=O)N(CC1CN(CCc2ccccc2)CCCO1)c1ccccc1. The fraction of sp³-hybridized carbons (Fsp3) is 0.443. The lowest BCUT2D eigenvalue weighted by molar-refractivity contribution is -0.119. The topological polar surface area (TPSA) is 98.3 Å². The van der Waals surface area contributed by atoms with E-state index in [0.717, 1.165) is 134 Å². The molecule has 0 aliphatic carbocycles. The minimum Gasteiger partial charge on any atom is -0.375 e. The molecule has 3 heterocycles. The molecule has 3 unspecified atom stereocenters. The van der Waals surface area contributed by atoms with Crippen LogP contribution < -0.4 is 14.7 Å². The second kappa shape index (κ2) is 36.8. The molecule has 0 spiro atoms. The molecule has 6 aromatic rings. The third-order valence-electron chi connectivity index (χ3n) is 15.2. The fourth-order valence-electron chi connectivity index (χ4n) is 10.7. The van der Waals surface area contributed by atoms with E-state index in [1.807, 2.05) is 126 Å². The Bertz CT molecular complexity index is 2360. The minimum absolute atomic E-state index is 0. The van der Waals surface area contributed by atoms with Gasteiger partial charge < -0.3 is 43.6 Å². The first-order valence-electron chi connectivity index (χ1n) is 30.0. The van der Waals surface area contributed by atoms with Crippen LogP contribution in [-0.4, -0.2) is 149 Å². The molecule has 3 aliphatic heterocycles. The third-order valence-corrected chi connectivity index (χ3v) is 15.2. The van der Waals surface area contributed by atoms with Crippen molar-refractivity contribution in [3.63, 3.8) is 0 Å². The van der Waals surface area contributed by atoms with Gasteiger partial charge in [-0.15, -0.1) is 0 Å². The van der Waals surface area contributed by atoms with Gasteiger partial charge in [0, 0.05) is 115 Å². The summed E-state index contributed by atoms with van der Waals surface area (Å²) in [5.41, 5.74) is 6.96. The Hall–Kier alpha value is -6.51. The van der Waals surface area contributed by atoms with Gasteiger partial charge in [-0.05, 0) is 91.6 Å². The smallest absolute Gasteiger partial charge is 0.226 e. The van der Waals surface area contributed by atoms with Crippen molar-refractivity contribution in [2.45, 2.75) is 104 Å². The van der Waals surface area contributed by atoms with Gasteiger partial charge in [0.2, 0.25) is 17.7 Å². The predicted molar refractivity (Wildman–Crippen MR) is 337 cm³/mol. The zero-order valence-electron chi connectivity index (χ0n) is 48.7. The van der Waals surface area contributed by atoms with Crippen molar-refractivity contribution < 1.29 is 28.6 Å². The largest absolute Gasteiger partial charge is 0.375 e. The number of anilines is 3. The van der Waals surface area contributed by atoms with Gasteiger partial charge >= 0.3 is 0 Å². The number of ether oxygens (including phenoxy) is 3. The maximum Gasteiger partial charge on any atom is 0.226 e. The molecule has 0 aromatic heterocycles. The highest BCUT2D eigenvalue weighted by Gasteiger charge is 2.27. The third kappa shape index (κ3) is 22.3. The van der Waals surface area contributed by atoms with Crippen LogP contribution in [-0.2, 0) is 47.9 Å². The average Bonchev–Trinajstić information content (AvgIpc) is 4.03. The molecule has 3 fully saturated rings. The zero-order chi connectivity index (χ0) is 56.7. The maximum atomic E-state index is 12.5. The van der Waals surface area contributed by atoms with Crippen molar-refractivity contribution in [2.24, 2.45) is 0 Å². The lowest BCUT2D eigenvalue weighted by Crippen LogP contribution is -2.43. The molecular weight excluding hydrogens is 1020 g/mol. The Morgan fingerprint density at radius 3 is 0.841 bits per heavy atom. The number of nitrogens with zero attached hydrogens (tertiary/aromatic N) is 6. The number of benzene rings is 6. The number of carbonyl (C=O) groups is 3. The van der Waals surface area contributed by atoms with E-state index in [1.54, 1.807) is 0 Å². The van der Waals surface area contributed by atoms with Crippen LogP contribution in [0, 0.1) is 0 Å². The van der Waals surface area contributed by atoms with Gasteiger partial charge in [0.25, 0.3) is 0 Å². The van der Waals surface area contributed by atoms with Crippen molar-refractivity contribution in [2.75, 3.05) is 113 Å². The summed E-state index contributed by atoms with van der Waals surface area (Å²) in [5, 5.41) is 0. The zero-order valence-corrected chi connectivity index (χ0v) is 48.7. The fourth-order valence-corrected chi connectivity index (χ4v) is 10.7. The number of carbonyl (C=O) groups excluding carboxylic acids is 3. The Balaban J connectivity index is 0.000000197. The summed E-state index contributed by atoms with van der Waals surface area (Å²) < 4.78 is 18.3. The van der Waals surface area contributed by atoms with E-state index >= 15 is 0 Å². The van der Waals surface area contributed by atoms with E-state index < -0.39 is 0 Å². The van der Waals surface area contributed by atoms with Crippen LogP contribution in [0.4, 0.5) is 17.1 Å². The van der Waals surface area contributed by atoms with Crippen LogP contribution in [0.1, 0.15) is 83.4 Å². The summed E-state index contributed by atoms with van der Waals surface area (Å²) in [6.07, 6.45) is 7.88. The molecule has 82 heavy (non-hydrogen) atoms. The molecule has 0 N–H and O–H groups in total. The first-order chi connectivity index (χ1) is 39.8. The van der Waals surface area contributed by atoms with Gasteiger partial charge in [0.15, 0.2) is 0 Å². The van der Waals surface area contributed by atoms with Gasteiger partial charge in [0.05, 0.1) is 37.9 Å². The van der Waals surface area contributed by atoms with Gasteiger partial charge in [-0.2, -0.15) is 0 Å². The van der Waals surface area contributed by atoms with Gasteiger partial charge in [-0.3, -0.25) is 14.4 Å². The van der Waals surface area contributed by atoms with Crippen molar-refractivity contribution in [3.05, 3.63) is 199 Å². The average molecular weight is 1120 g/mol. The molecule has 12 nitrogen and oxygen atoms in total. The Morgan fingerprint density at radius 2 is 0.610 bits per heavy atom. The van der Waals surface area contributed by atoms with Crippen molar-refractivity contribution in [1.29, 1.82) is 0 Å². The number of rotatable bonds is 21. The number of amides is 3. The van der Waals surface area contributed by atoms with E-state index in [0.29, 0.717) is 38.9 Å². The molecule has 3 aliphatic rings. The van der Waals surface area contributed by atoms with Gasteiger partial charge in [-0.25, -0.2) is 0 Å². The quantitative estimate of drug-likeness (QED) is 0.0698. The molecule has 3 saturated heterocycles. The molecule has 12 heteroatoms. The highest BCUT2D eigenvalue weighted by atomic mass is 16.5. The van der Waals surface area contributed by atoms with E-state index in [2.05, 4.69) is 106 Å². The Morgan fingerprint density at radius 1 is 0.378 bits per heavy atom. The molecule has 0 saturated carbocycles. The minimum atomic E-state index is 0. The lowest BCUT2D eigenvalue weighted by atomic mass is 10.1. The second-order valence-corrected chi connectivity index (χ2v) is 21.2. The molecule has 3 amide bonds. The van der Waals surface area contributed by atoms with Gasteiger partial charge in [-0.1, -0.05) is 174 Å².